The van der Waals surface area contributed by atoms with Crippen molar-refractivity contribution < 1.29 is 124 Å². The van der Waals surface area contributed by atoms with Crippen LogP contribution in [-0.4, -0.2) is 332 Å². The molecule has 6 saturated heterocycles. The lowest BCUT2D eigenvalue weighted by atomic mass is 9.92. The number of hydrogen-bond donors (Lipinski definition) is 24. The Balaban J connectivity index is 0.959. The number of amides is 6. The molecule has 3 aromatic carbocycles. The van der Waals surface area contributed by atoms with Crippen LogP contribution in [0.5, 0.6) is 5.75 Å². The molecule has 9 rings (SSSR count). The van der Waals surface area contributed by atoms with E-state index >= 15 is 9.59 Å². The van der Waals surface area contributed by atoms with Crippen LogP contribution in [0.4, 0.5) is 5.69 Å². The minimum absolute atomic E-state index is 0.0510. The largest absolute Gasteiger partial charge is 0.462 e. The van der Waals surface area contributed by atoms with Gasteiger partial charge in [0.15, 0.2) is 24.4 Å². The van der Waals surface area contributed by atoms with Gasteiger partial charge in [-0.05, 0) is 41.0 Å². The fourth-order valence-electron chi connectivity index (χ4n) is 12.6. The number of guanidine groups is 2. The summed E-state index contributed by atoms with van der Waals surface area (Å²) in [4.78, 5) is 90.3. The first-order valence-corrected chi connectivity index (χ1v) is 33.2. The quantitative estimate of drug-likeness (QED) is 0.0415. The van der Waals surface area contributed by atoms with Crippen molar-refractivity contribution in [3.05, 3.63) is 102 Å². The van der Waals surface area contributed by atoms with Crippen molar-refractivity contribution in [2.45, 2.75) is 166 Å². The fraction of sp³-hybridized carbons (Fsp3) is 0.569. The molecule has 0 aromatic heterocycles. The van der Waals surface area contributed by atoms with Gasteiger partial charge in [-0.2, -0.15) is 0 Å². The van der Waals surface area contributed by atoms with E-state index in [-0.39, 0.29) is 37.0 Å². The number of aliphatic hydroxyl groups excluding tert-OH is 13. The van der Waals surface area contributed by atoms with Gasteiger partial charge in [-0.1, -0.05) is 73.7 Å². The van der Waals surface area contributed by atoms with Gasteiger partial charge in [0.25, 0.3) is 0 Å². The standard InChI is InChI=1S/C65H91N13O25/c1-28(31-9-5-4-6-10-31)42-58(95)71-34(20-30-13-17-33(18-14-30)99-62-54(92)51(89)55(39(26-81)101-62)103-63-53(91)50(88)48(86)40(102-63)27-98-19-7-8-29-11-15-32(16-12-29)77(2)3)57(94)75-43(45(83)35-21-69-64(66)73-35)60(97)76-44(59(96)72-36(24-79)56(93)68-23-41(82)74-42)46(84)37-22-70-65(67)78(37)61-52(90)49(87)47(85)38(25-80)100-61/h4-18,28,34-40,42-55,61-63,79-81,83-92H,19-27H2,1-3H3,(H2,67,70)(H,68,93)(H,71,95)(H,72,96)(H,74,82)(H,75,94)(H,76,97)(H3,66,69,73)/b8-7+. The van der Waals surface area contributed by atoms with E-state index in [2.05, 4.69) is 47.9 Å². The number of carbonyl (C=O) groups excluding carboxylic acids is 6. The molecule has 6 amide bonds. The highest BCUT2D eigenvalue weighted by Gasteiger charge is 2.55. The van der Waals surface area contributed by atoms with Crippen molar-refractivity contribution in [1.29, 1.82) is 10.8 Å². The van der Waals surface area contributed by atoms with Gasteiger partial charge in [-0.15, -0.1) is 0 Å². The zero-order valence-corrected chi connectivity index (χ0v) is 56.1. The van der Waals surface area contributed by atoms with Crippen LogP contribution in [0.2, 0.25) is 0 Å². The van der Waals surface area contributed by atoms with Crippen molar-refractivity contribution in [2.75, 3.05) is 71.7 Å². The minimum Gasteiger partial charge on any atom is -0.462 e. The second kappa shape index (κ2) is 35.4. The van der Waals surface area contributed by atoms with Crippen molar-refractivity contribution in [3.8, 4) is 5.75 Å². The summed E-state index contributed by atoms with van der Waals surface area (Å²) in [6.45, 7) is -3.31. The highest BCUT2D eigenvalue weighted by molar-refractivity contribution is 5.98. The van der Waals surface area contributed by atoms with Crippen LogP contribution < -0.4 is 57.5 Å². The SMILES string of the molecule is CC(c1ccccc1)C1NC(=O)CNC(=O)C(CO)NC(=O)C(C(O)C2CNC(=N)N2C2OC(CO)C(O)C(O)C2O)NC(=O)C(C(O)C2CNC(=N)N2)NC(=O)C(Cc2ccc(OC3OC(CO)C(OC4OC(COC/C=C/c5ccc(N(C)C)cc5)C(O)C(O)C4O)C(O)C3O)cc2)NC1=O. The van der Waals surface area contributed by atoms with E-state index in [0.29, 0.717) is 5.56 Å². The minimum atomic E-state index is -2.36. The molecule has 25 unspecified atom stereocenters. The summed E-state index contributed by atoms with van der Waals surface area (Å²) >= 11 is 0. The van der Waals surface area contributed by atoms with Gasteiger partial charge < -0.3 is 152 Å². The normalized spacial score (nSPS) is 34.6. The van der Waals surface area contributed by atoms with Crippen LogP contribution in [0, 0.1) is 10.8 Å². The average molecular weight is 1450 g/mol. The Bertz CT molecular complexity index is 3420. The summed E-state index contributed by atoms with van der Waals surface area (Å²) in [5.41, 5.74) is 2.59. The highest BCUT2D eigenvalue weighted by atomic mass is 16.7. The monoisotopic (exact) mass is 1450 g/mol. The van der Waals surface area contributed by atoms with Crippen molar-refractivity contribution in [3.63, 3.8) is 0 Å². The van der Waals surface area contributed by atoms with E-state index in [1.165, 1.54) is 24.3 Å². The Morgan fingerprint density at radius 2 is 1.20 bits per heavy atom. The van der Waals surface area contributed by atoms with E-state index in [9.17, 15) is 85.6 Å². The first-order valence-electron chi connectivity index (χ1n) is 33.2. The molecule has 6 aliphatic heterocycles. The molecular formula is C65H91N13O25. The van der Waals surface area contributed by atoms with Crippen LogP contribution in [0.1, 0.15) is 29.5 Å². The van der Waals surface area contributed by atoms with Gasteiger partial charge in [0.05, 0.1) is 51.7 Å². The van der Waals surface area contributed by atoms with Crippen LogP contribution in [0.15, 0.2) is 84.9 Å². The number of aliphatic hydroxyl groups is 13. The molecule has 38 heteroatoms. The Morgan fingerprint density at radius 3 is 1.85 bits per heavy atom. The summed E-state index contributed by atoms with van der Waals surface area (Å²) in [5, 5.41) is 183. The van der Waals surface area contributed by atoms with Gasteiger partial charge in [0, 0.05) is 45.2 Å². The van der Waals surface area contributed by atoms with Gasteiger partial charge in [-0.3, -0.25) is 39.6 Å². The molecule has 566 valence electrons. The third kappa shape index (κ3) is 18.8. The zero-order valence-electron chi connectivity index (χ0n) is 56.1. The number of anilines is 1. The molecule has 3 aromatic rings. The molecule has 6 fully saturated rings. The molecule has 6 heterocycles. The average Bonchev–Trinajstić information content (AvgIpc) is 1.73. The van der Waals surface area contributed by atoms with Gasteiger partial charge in [-0.25, -0.2) is 0 Å². The molecule has 0 spiro atoms. The summed E-state index contributed by atoms with van der Waals surface area (Å²) in [5.74, 6) is -9.30. The Hall–Kier alpha value is -8.36. The topological polar surface area (TPSA) is 583 Å². The Morgan fingerprint density at radius 1 is 0.592 bits per heavy atom. The molecule has 0 aliphatic carbocycles. The predicted octanol–water partition coefficient (Wildman–Crippen LogP) is -10.4. The van der Waals surface area contributed by atoms with Crippen molar-refractivity contribution >= 4 is 59.1 Å². The van der Waals surface area contributed by atoms with Crippen LogP contribution >= 0.6 is 0 Å². The summed E-state index contributed by atoms with van der Waals surface area (Å²) in [6, 6.07) is 8.47. The van der Waals surface area contributed by atoms with E-state index < -0.39 is 233 Å². The molecule has 25 atom stereocenters. The molecule has 0 saturated carbocycles. The highest BCUT2D eigenvalue weighted by Crippen LogP contribution is 2.33. The maximum absolute atomic E-state index is 15.2. The maximum Gasteiger partial charge on any atom is 0.246 e. The molecule has 103 heavy (non-hydrogen) atoms. The third-order valence-corrected chi connectivity index (χ3v) is 18.6. The number of hydrogen-bond acceptors (Lipinski definition) is 28. The second-order valence-corrected chi connectivity index (χ2v) is 25.9. The lowest BCUT2D eigenvalue weighted by Gasteiger charge is -2.46. The number of carbonyl (C=O) groups is 6. The zero-order chi connectivity index (χ0) is 74.7. The van der Waals surface area contributed by atoms with Gasteiger partial charge in [0.1, 0.15) is 121 Å². The van der Waals surface area contributed by atoms with Crippen LogP contribution in [0.3, 0.4) is 0 Å². The van der Waals surface area contributed by atoms with Crippen molar-refractivity contribution in [1.82, 2.24) is 52.8 Å². The number of ether oxygens (including phenoxy) is 6. The number of benzene rings is 3. The first kappa shape index (κ1) is 78.8. The van der Waals surface area contributed by atoms with E-state index in [1.54, 1.807) is 43.3 Å². The third-order valence-electron chi connectivity index (χ3n) is 18.6. The molecular weight excluding hydrogens is 1360 g/mol. The maximum atomic E-state index is 15.2. The predicted molar refractivity (Wildman–Crippen MR) is 355 cm³/mol. The Kier molecular flexibility index (Phi) is 27.1. The molecule has 0 bridgehead atoms. The summed E-state index contributed by atoms with van der Waals surface area (Å²) in [7, 11) is 3.83. The van der Waals surface area contributed by atoms with Gasteiger partial charge in [0.2, 0.25) is 41.7 Å². The molecule has 24 N–H and O–H groups in total. The number of nitrogens with zero attached hydrogens (tertiary/aromatic N) is 2. The number of rotatable bonds is 22. The smallest absolute Gasteiger partial charge is 0.246 e. The Labute approximate surface area is 589 Å². The molecule has 6 aliphatic rings. The fourth-order valence-corrected chi connectivity index (χ4v) is 12.6. The van der Waals surface area contributed by atoms with E-state index in [1.807, 2.05) is 49.3 Å². The van der Waals surface area contributed by atoms with Crippen molar-refractivity contribution in [2.24, 2.45) is 0 Å². The van der Waals surface area contributed by atoms with E-state index in [0.717, 1.165) is 16.2 Å². The molecule has 38 nitrogen and oxygen atoms in total. The van der Waals surface area contributed by atoms with Gasteiger partial charge >= 0.3 is 0 Å². The first-order chi connectivity index (χ1) is 49.1. The lowest BCUT2D eigenvalue weighted by molar-refractivity contribution is -0.353. The van der Waals surface area contributed by atoms with E-state index in [4.69, 9.17) is 39.2 Å². The van der Waals surface area contributed by atoms with Crippen LogP contribution in [-0.2, 0) is 58.9 Å². The molecule has 0 radical (unpaired) electrons. The summed E-state index contributed by atoms with van der Waals surface area (Å²) in [6.07, 6.45) is -28.1. The lowest BCUT2D eigenvalue weighted by Crippen LogP contribution is -2.69. The second-order valence-electron chi connectivity index (χ2n) is 25.9. The van der Waals surface area contributed by atoms with Crippen LogP contribution in [0.25, 0.3) is 6.08 Å². The summed E-state index contributed by atoms with van der Waals surface area (Å²) < 4.78 is 34.9. The number of nitrogens with one attached hydrogen (secondary N) is 11.